The lowest BCUT2D eigenvalue weighted by molar-refractivity contribution is -0.151. The Labute approximate surface area is 268 Å². The number of sulfonamides is 1. The van der Waals surface area contributed by atoms with E-state index in [0.717, 1.165) is 10.1 Å². The van der Waals surface area contributed by atoms with Gasteiger partial charge in [-0.1, -0.05) is 18.2 Å². The number of anilines is 1. The average Bonchev–Trinajstić information content (AvgIpc) is 3.72. The van der Waals surface area contributed by atoms with Gasteiger partial charge in [0.2, 0.25) is 5.91 Å². The van der Waals surface area contributed by atoms with Crippen molar-refractivity contribution >= 4 is 33.8 Å². The summed E-state index contributed by atoms with van der Waals surface area (Å²) in [4.78, 5) is 54.1. The van der Waals surface area contributed by atoms with Gasteiger partial charge < -0.3 is 29.6 Å². The predicted octanol–water partition coefficient (Wildman–Crippen LogP) is 2.27. The monoisotopic (exact) mass is 653 g/mol. The number of imidazole rings is 1. The molecule has 1 aromatic carbocycles. The second-order valence-corrected chi connectivity index (χ2v) is 13.4. The molecular formula is C31H39N7O7S. The van der Waals surface area contributed by atoms with Crippen molar-refractivity contribution in [2.75, 3.05) is 37.6 Å². The summed E-state index contributed by atoms with van der Waals surface area (Å²) in [6.45, 7) is 7.48. The first-order valence-electron chi connectivity index (χ1n) is 15.3. The van der Waals surface area contributed by atoms with Crippen LogP contribution in [-0.4, -0.2) is 101 Å². The number of aryl methyl sites for hydroxylation is 1. The molecule has 14 nitrogen and oxygen atoms in total. The molecule has 5 rings (SSSR count). The maximum Gasteiger partial charge on any atom is 0.415 e. The fraction of sp³-hybridized carbons (Fsp3) is 0.452. The summed E-state index contributed by atoms with van der Waals surface area (Å²) in [7, 11) is -4.00. The molecule has 0 bridgehead atoms. The summed E-state index contributed by atoms with van der Waals surface area (Å²) < 4.78 is 38.6. The molecule has 0 aliphatic carbocycles. The minimum atomic E-state index is -4.00. The number of esters is 1. The molecule has 2 saturated heterocycles. The number of carbonyl (C=O) groups excluding carboxylic acids is 3. The molecule has 0 radical (unpaired) electrons. The molecule has 2 aliphatic rings. The molecular weight excluding hydrogens is 614 g/mol. The van der Waals surface area contributed by atoms with E-state index >= 15 is 0 Å². The van der Waals surface area contributed by atoms with Crippen LogP contribution in [0.3, 0.4) is 0 Å². The largest absolute Gasteiger partial charge is 0.461 e. The molecule has 2 N–H and O–H groups in total. The van der Waals surface area contributed by atoms with Gasteiger partial charge in [-0.05, 0) is 63.4 Å². The Hall–Kier alpha value is -4.50. The first-order valence-corrected chi connectivity index (χ1v) is 16.7. The van der Waals surface area contributed by atoms with Gasteiger partial charge in [-0.15, -0.1) is 0 Å². The second kappa shape index (κ2) is 14.3. The van der Waals surface area contributed by atoms with E-state index in [0.29, 0.717) is 56.2 Å². The van der Waals surface area contributed by atoms with E-state index in [1.54, 1.807) is 56.1 Å². The number of aromatic amines is 1. The lowest BCUT2D eigenvalue weighted by Crippen LogP contribution is -2.52. The third-order valence-electron chi connectivity index (χ3n) is 7.80. The number of benzene rings is 1. The normalized spacial score (nSPS) is 18.0. The van der Waals surface area contributed by atoms with E-state index in [1.165, 1.54) is 6.20 Å². The number of pyridine rings is 1. The van der Waals surface area contributed by atoms with Crippen molar-refractivity contribution in [2.45, 2.75) is 63.2 Å². The Balaban J connectivity index is 1.20. The highest BCUT2D eigenvalue weighted by atomic mass is 32.2. The van der Waals surface area contributed by atoms with Crippen molar-refractivity contribution < 1.29 is 32.3 Å². The van der Waals surface area contributed by atoms with Crippen LogP contribution in [0.5, 0.6) is 5.75 Å². The van der Waals surface area contributed by atoms with Crippen molar-refractivity contribution in [2.24, 2.45) is 0 Å². The van der Waals surface area contributed by atoms with Crippen LogP contribution in [0.4, 0.5) is 10.6 Å². The number of nitrogens with zero attached hydrogens (tertiary/aromatic N) is 5. The molecule has 2 aliphatic heterocycles. The second-order valence-electron chi connectivity index (χ2n) is 11.5. The number of hydrogen-bond acceptors (Lipinski definition) is 10. The summed E-state index contributed by atoms with van der Waals surface area (Å²) in [6.07, 6.45) is 2.97. The lowest BCUT2D eigenvalue weighted by atomic mass is 10.0. The van der Waals surface area contributed by atoms with E-state index in [2.05, 4.69) is 25.2 Å². The molecule has 0 saturated carbocycles. The number of ether oxygens (including phenoxy) is 2. The van der Waals surface area contributed by atoms with Crippen LogP contribution < -0.4 is 15.0 Å². The Morgan fingerprint density at radius 2 is 1.76 bits per heavy atom. The van der Waals surface area contributed by atoms with E-state index < -0.39 is 46.2 Å². The topological polar surface area (TPSA) is 167 Å². The van der Waals surface area contributed by atoms with Crippen LogP contribution in [-0.2, 0) is 30.8 Å². The summed E-state index contributed by atoms with van der Waals surface area (Å²) in [6, 6.07) is 10.3. The highest BCUT2D eigenvalue weighted by molar-refractivity contribution is 7.89. The summed E-state index contributed by atoms with van der Waals surface area (Å²) >= 11 is 0. The van der Waals surface area contributed by atoms with Crippen molar-refractivity contribution in [1.29, 1.82) is 0 Å². The van der Waals surface area contributed by atoms with Crippen molar-refractivity contribution in [3.05, 3.63) is 66.2 Å². The highest BCUT2D eigenvalue weighted by Crippen LogP contribution is 2.26. The fourth-order valence-corrected chi connectivity index (χ4v) is 7.10. The van der Waals surface area contributed by atoms with Gasteiger partial charge in [-0.25, -0.2) is 28.0 Å². The zero-order valence-corrected chi connectivity index (χ0v) is 26.9. The number of nitrogens with one attached hydrogen (secondary N) is 2. The molecule has 2 fully saturated rings. The zero-order valence-electron chi connectivity index (χ0n) is 26.1. The Morgan fingerprint density at radius 1 is 1.02 bits per heavy atom. The van der Waals surface area contributed by atoms with Gasteiger partial charge >= 0.3 is 12.1 Å². The molecule has 3 aromatic rings. The molecule has 0 unspecified atom stereocenters. The van der Waals surface area contributed by atoms with Crippen LogP contribution in [0.25, 0.3) is 0 Å². The lowest BCUT2D eigenvalue weighted by Gasteiger charge is -2.34. The van der Waals surface area contributed by atoms with Crippen molar-refractivity contribution in [1.82, 2.24) is 29.5 Å². The quantitative estimate of drug-likeness (QED) is 0.310. The minimum absolute atomic E-state index is 0.0835. The maximum absolute atomic E-state index is 13.4. The van der Waals surface area contributed by atoms with E-state index in [9.17, 15) is 22.8 Å². The number of aromatic nitrogens is 3. The van der Waals surface area contributed by atoms with E-state index in [1.807, 2.05) is 18.2 Å². The molecule has 4 heterocycles. The zero-order chi connectivity index (χ0) is 32.8. The number of hydrogen-bond donors (Lipinski definition) is 2. The van der Waals surface area contributed by atoms with Gasteiger partial charge in [0.25, 0.3) is 10.0 Å². The van der Waals surface area contributed by atoms with Gasteiger partial charge in [0.1, 0.15) is 29.5 Å². The summed E-state index contributed by atoms with van der Waals surface area (Å²) in [5, 5.41) is 2.64. The standard InChI is InChI=1S/C31H39N7O7S/c1-21(2)44-30(40)25(35-29(39)26-7-6-14-38(26)46(42,43)28-20-33-22(3)34-28)19-23-9-11-24(12-10-23)45-31(41)37-17-15-36(16-18-37)27-8-4-5-13-32-27/h4-5,8-13,20-21,25-26H,6-7,14-19H2,1-3H3,(H,33,34)(H,35,39)/t25-,26-/m0/s1. The van der Waals surface area contributed by atoms with Gasteiger partial charge in [-0.3, -0.25) is 4.79 Å². The number of H-pyrrole nitrogens is 1. The molecule has 2 amide bonds. The van der Waals surface area contributed by atoms with Crippen molar-refractivity contribution in [3.8, 4) is 5.75 Å². The third-order valence-corrected chi connectivity index (χ3v) is 9.62. The van der Waals surface area contributed by atoms with Gasteiger partial charge in [-0.2, -0.15) is 4.31 Å². The molecule has 2 atom stereocenters. The Kier molecular flexibility index (Phi) is 10.2. The van der Waals surface area contributed by atoms with Gasteiger partial charge in [0, 0.05) is 45.3 Å². The molecule has 0 spiro atoms. The van der Waals surface area contributed by atoms with Crippen LogP contribution in [0.2, 0.25) is 0 Å². The van der Waals surface area contributed by atoms with Crippen LogP contribution >= 0.6 is 0 Å². The number of piperazine rings is 1. The Bertz CT molecular complexity index is 1620. The average molecular weight is 654 g/mol. The van der Waals surface area contributed by atoms with Gasteiger partial charge in [0.05, 0.1) is 12.3 Å². The Morgan fingerprint density at radius 3 is 2.39 bits per heavy atom. The van der Waals surface area contributed by atoms with Crippen LogP contribution in [0.1, 0.15) is 38.1 Å². The maximum atomic E-state index is 13.4. The van der Waals surface area contributed by atoms with Crippen LogP contribution in [0.15, 0.2) is 59.9 Å². The van der Waals surface area contributed by atoms with E-state index in [-0.39, 0.29) is 18.0 Å². The van der Waals surface area contributed by atoms with Crippen molar-refractivity contribution in [3.63, 3.8) is 0 Å². The summed E-state index contributed by atoms with van der Waals surface area (Å²) in [5.41, 5.74) is 0.679. The minimum Gasteiger partial charge on any atom is -0.461 e. The molecule has 246 valence electrons. The van der Waals surface area contributed by atoms with Crippen LogP contribution in [0, 0.1) is 6.92 Å². The molecule has 2 aromatic heterocycles. The highest BCUT2D eigenvalue weighted by Gasteiger charge is 2.41. The predicted molar refractivity (Wildman–Crippen MR) is 168 cm³/mol. The van der Waals surface area contributed by atoms with E-state index in [4.69, 9.17) is 9.47 Å². The SMILES string of the molecule is Cc1ncc(S(=O)(=O)N2CCC[C@H]2C(=O)N[C@@H](Cc2ccc(OC(=O)N3CCN(c4ccccn4)CC3)cc2)C(=O)OC(C)C)[nH]1. The number of carbonyl (C=O) groups is 3. The third kappa shape index (κ3) is 7.83. The molecule has 46 heavy (non-hydrogen) atoms. The molecule has 15 heteroatoms. The first-order chi connectivity index (χ1) is 22.0. The number of rotatable bonds is 10. The fourth-order valence-electron chi connectivity index (χ4n) is 5.47. The first kappa shape index (κ1) is 32.9. The number of amides is 2. The smallest absolute Gasteiger partial charge is 0.415 e. The van der Waals surface area contributed by atoms with Gasteiger partial charge in [0.15, 0.2) is 5.03 Å². The summed E-state index contributed by atoms with van der Waals surface area (Å²) in [5.74, 6) is 0.423.